The number of hydrogen-bond acceptors (Lipinski definition) is 9. The van der Waals surface area contributed by atoms with Crippen molar-refractivity contribution in [3.05, 3.63) is 87.2 Å². The van der Waals surface area contributed by atoms with Crippen molar-refractivity contribution in [2.75, 3.05) is 32.1 Å². The van der Waals surface area contributed by atoms with Gasteiger partial charge < -0.3 is 19.7 Å². The molecule has 2 aromatic rings. The lowest BCUT2D eigenvalue weighted by Gasteiger charge is -2.51. The van der Waals surface area contributed by atoms with Crippen molar-refractivity contribution >= 4 is 35.2 Å². The predicted molar refractivity (Wildman–Crippen MR) is 137 cm³/mol. The number of nitrogens with one attached hydrogen (secondary N) is 1. The summed E-state index contributed by atoms with van der Waals surface area (Å²) in [4.78, 5) is 53.1. The summed E-state index contributed by atoms with van der Waals surface area (Å²) in [5.74, 6) is -0.809. The molecule has 2 amide bonds. The maximum absolute atomic E-state index is 13.4. The predicted octanol–water partition coefficient (Wildman–Crippen LogP) is 1.82. The Bertz CT molecular complexity index is 1260. The van der Waals surface area contributed by atoms with Gasteiger partial charge in [0.1, 0.15) is 18.0 Å². The number of carbonyl (C=O) groups is 3. The summed E-state index contributed by atoms with van der Waals surface area (Å²) >= 11 is 1.49. The summed E-state index contributed by atoms with van der Waals surface area (Å²) in [7, 11) is 0. The number of hydrogen-bond donors (Lipinski definition) is 1. The third kappa shape index (κ3) is 5.36. The van der Waals surface area contributed by atoms with Crippen LogP contribution < -0.4 is 5.32 Å². The van der Waals surface area contributed by atoms with Crippen LogP contribution in [0.1, 0.15) is 11.1 Å². The molecule has 2 atom stereocenters. The summed E-state index contributed by atoms with van der Waals surface area (Å²) in [6.07, 6.45) is 0.154. The third-order valence-corrected chi connectivity index (χ3v) is 7.84. The normalized spacial score (nSPS) is 20.9. The lowest BCUT2D eigenvalue weighted by atomic mass is 10.0. The lowest BCUT2D eigenvalue weighted by Crippen LogP contribution is -2.71. The van der Waals surface area contributed by atoms with E-state index in [1.54, 1.807) is 0 Å². The second-order valence-corrected chi connectivity index (χ2v) is 10.1. The fourth-order valence-corrected chi connectivity index (χ4v) is 5.99. The number of non-ortho nitro benzene ring substituents is 1. The van der Waals surface area contributed by atoms with E-state index in [1.807, 2.05) is 35.2 Å². The molecule has 0 radical (unpaired) electrons. The summed E-state index contributed by atoms with van der Waals surface area (Å²) < 4.78 is 11.0. The van der Waals surface area contributed by atoms with Gasteiger partial charge in [-0.15, -0.1) is 11.8 Å². The Labute approximate surface area is 222 Å². The van der Waals surface area contributed by atoms with Crippen molar-refractivity contribution in [3.8, 4) is 0 Å². The first kappa shape index (κ1) is 25.7. The Morgan fingerprint density at radius 3 is 2.47 bits per heavy atom. The monoisotopic (exact) mass is 538 g/mol. The zero-order chi connectivity index (χ0) is 26.6. The zero-order valence-corrected chi connectivity index (χ0v) is 21.2. The topological polar surface area (TPSA) is 131 Å². The SMILES string of the molecule is O=C(Cc1ccccc1)NC1C(=O)N2C(C(=O)OCc3ccc([N+](=O)[O-])cc3)=C(N3CCOCC3)CS[C@@H]12. The van der Waals surface area contributed by atoms with Crippen molar-refractivity contribution in [1.82, 2.24) is 15.1 Å². The summed E-state index contributed by atoms with van der Waals surface area (Å²) in [6.45, 7) is 2.08. The molecule has 0 aromatic heterocycles. The van der Waals surface area contributed by atoms with Crippen LogP contribution in [0.4, 0.5) is 5.69 Å². The molecule has 3 heterocycles. The number of rotatable bonds is 8. The molecule has 0 aliphatic carbocycles. The number of ether oxygens (including phenoxy) is 2. The minimum atomic E-state index is -0.736. The number of amides is 2. The number of carbonyl (C=O) groups excluding carboxylic acids is 3. The van der Waals surface area contributed by atoms with Gasteiger partial charge in [0.15, 0.2) is 5.70 Å². The number of nitro benzene ring substituents is 1. The van der Waals surface area contributed by atoms with Crippen molar-refractivity contribution in [1.29, 1.82) is 0 Å². The van der Waals surface area contributed by atoms with Crippen molar-refractivity contribution in [2.24, 2.45) is 0 Å². The second kappa shape index (κ2) is 11.2. The number of morpholine rings is 1. The Morgan fingerprint density at radius 2 is 1.79 bits per heavy atom. The molecule has 38 heavy (non-hydrogen) atoms. The van der Waals surface area contributed by atoms with Crippen molar-refractivity contribution < 1.29 is 28.8 Å². The highest BCUT2D eigenvalue weighted by Crippen LogP contribution is 2.41. The molecule has 11 nitrogen and oxygen atoms in total. The summed E-state index contributed by atoms with van der Waals surface area (Å²) in [5, 5.41) is 13.3. The van der Waals surface area contributed by atoms with E-state index in [0.29, 0.717) is 43.3 Å². The van der Waals surface area contributed by atoms with Crippen molar-refractivity contribution in [3.63, 3.8) is 0 Å². The maximum Gasteiger partial charge on any atom is 0.357 e. The number of nitrogens with zero attached hydrogens (tertiary/aromatic N) is 3. The van der Waals surface area contributed by atoms with Gasteiger partial charge >= 0.3 is 5.97 Å². The molecule has 3 aliphatic heterocycles. The van der Waals surface area contributed by atoms with E-state index in [0.717, 1.165) is 5.56 Å². The molecule has 2 aromatic carbocycles. The summed E-state index contributed by atoms with van der Waals surface area (Å²) in [6, 6.07) is 14.3. The quantitative estimate of drug-likeness (QED) is 0.231. The third-order valence-electron chi connectivity index (χ3n) is 6.58. The molecule has 5 rings (SSSR count). The van der Waals surface area contributed by atoms with Gasteiger partial charge in [0.05, 0.1) is 30.3 Å². The molecule has 198 valence electrons. The van der Waals surface area contributed by atoms with Crippen LogP contribution in [-0.4, -0.2) is 76.0 Å². The van der Waals surface area contributed by atoms with Gasteiger partial charge in [-0.1, -0.05) is 30.3 Å². The number of β-lactam (4-membered cyclic amide) rings is 1. The van der Waals surface area contributed by atoms with Crippen LogP contribution in [0.5, 0.6) is 0 Å². The molecule has 3 aliphatic rings. The number of benzene rings is 2. The van der Waals surface area contributed by atoms with Crippen LogP contribution in [0.2, 0.25) is 0 Å². The fraction of sp³-hybridized carbons (Fsp3) is 0.346. The Hall–Kier alpha value is -3.90. The first-order valence-corrected chi connectivity index (χ1v) is 13.2. The molecule has 2 saturated heterocycles. The van der Waals surface area contributed by atoms with Gasteiger partial charge in [0.2, 0.25) is 5.91 Å². The van der Waals surface area contributed by atoms with Gasteiger partial charge in [-0.05, 0) is 23.3 Å². The van der Waals surface area contributed by atoms with E-state index in [-0.39, 0.29) is 36.2 Å². The first-order chi connectivity index (χ1) is 18.4. The molecule has 0 spiro atoms. The van der Waals surface area contributed by atoms with Crippen LogP contribution in [0.25, 0.3) is 0 Å². The van der Waals surface area contributed by atoms with Gasteiger partial charge in [-0.25, -0.2) is 4.79 Å². The van der Waals surface area contributed by atoms with Crippen LogP contribution >= 0.6 is 11.8 Å². The highest BCUT2D eigenvalue weighted by atomic mass is 32.2. The highest BCUT2D eigenvalue weighted by molar-refractivity contribution is 8.00. The van der Waals surface area contributed by atoms with E-state index in [1.165, 1.54) is 40.9 Å². The average molecular weight is 539 g/mol. The molecule has 1 N–H and O–H groups in total. The number of esters is 1. The van der Waals surface area contributed by atoms with E-state index in [9.17, 15) is 24.5 Å². The van der Waals surface area contributed by atoms with Gasteiger partial charge in [0, 0.05) is 31.0 Å². The molecule has 2 fully saturated rings. The van der Waals surface area contributed by atoms with Gasteiger partial charge in [-0.2, -0.15) is 0 Å². The Kier molecular flexibility index (Phi) is 7.61. The average Bonchev–Trinajstić information content (AvgIpc) is 2.95. The van der Waals surface area contributed by atoms with Crippen LogP contribution in [0.15, 0.2) is 66.0 Å². The molecule has 0 bridgehead atoms. The number of nitro groups is 1. The number of thioether (sulfide) groups is 1. The Morgan fingerprint density at radius 1 is 1.08 bits per heavy atom. The van der Waals surface area contributed by atoms with Crippen LogP contribution in [-0.2, 0) is 36.9 Å². The molecular weight excluding hydrogens is 512 g/mol. The van der Waals surface area contributed by atoms with E-state index < -0.39 is 22.3 Å². The minimum absolute atomic E-state index is 0.0592. The van der Waals surface area contributed by atoms with E-state index >= 15 is 0 Å². The van der Waals surface area contributed by atoms with Crippen molar-refractivity contribution in [2.45, 2.75) is 24.4 Å². The smallest absolute Gasteiger partial charge is 0.357 e. The molecule has 12 heteroatoms. The lowest BCUT2D eigenvalue weighted by molar-refractivity contribution is -0.384. The second-order valence-electron chi connectivity index (χ2n) is 9.01. The maximum atomic E-state index is 13.4. The Balaban J connectivity index is 1.31. The van der Waals surface area contributed by atoms with E-state index in [2.05, 4.69) is 5.32 Å². The van der Waals surface area contributed by atoms with Crippen LogP contribution in [0, 0.1) is 10.1 Å². The molecular formula is C26H26N4O7S. The molecule has 0 saturated carbocycles. The molecule has 1 unspecified atom stereocenters. The van der Waals surface area contributed by atoms with Gasteiger partial charge in [-0.3, -0.25) is 24.6 Å². The standard InChI is InChI=1S/C26H26N4O7S/c31-21(14-17-4-2-1-3-5-17)27-22-24(32)29-23(20(16-38-25(22)29)28-10-12-36-13-11-28)26(33)37-15-18-6-8-19(9-7-18)30(34)35/h1-9,22,25H,10-16H2,(H,27,31)/t22?,25-/m0/s1. The number of fused-ring (bicyclic) bond motifs is 1. The fourth-order valence-electron chi connectivity index (χ4n) is 4.60. The minimum Gasteiger partial charge on any atom is -0.456 e. The zero-order valence-electron chi connectivity index (χ0n) is 20.4. The van der Waals surface area contributed by atoms with Gasteiger partial charge in [0.25, 0.3) is 11.6 Å². The first-order valence-electron chi connectivity index (χ1n) is 12.2. The van der Waals surface area contributed by atoms with Crippen LogP contribution in [0.3, 0.4) is 0 Å². The summed E-state index contributed by atoms with van der Waals surface area (Å²) in [5.41, 5.74) is 2.24. The van der Waals surface area contributed by atoms with E-state index in [4.69, 9.17) is 9.47 Å². The highest BCUT2D eigenvalue weighted by Gasteiger charge is 2.55. The largest absolute Gasteiger partial charge is 0.456 e.